The second kappa shape index (κ2) is 6.29. The van der Waals surface area contributed by atoms with Gasteiger partial charge in [0.25, 0.3) is 5.91 Å². The molecule has 0 saturated carbocycles. The Bertz CT molecular complexity index is 568. The van der Waals surface area contributed by atoms with Crippen molar-refractivity contribution in [3.05, 3.63) is 36.3 Å². The number of pyridine rings is 1. The molecule has 2 aromatic rings. The van der Waals surface area contributed by atoms with Crippen LogP contribution in [0.5, 0.6) is 0 Å². The van der Waals surface area contributed by atoms with E-state index in [1.165, 1.54) is 0 Å². The summed E-state index contributed by atoms with van der Waals surface area (Å²) in [4.78, 5) is 17.9. The predicted molar refractivity (Wildman–Crippen MR) is 75.3 cm³/mol. The van der Waals surface area contributed by atoms with Crippen molar-refractivity contribution in [1.29, 1.82) is 0 Å². The maximum Gasteiger partial charge on any atom is 0.271 e. The fourth-order valence-electron chi connectivity index (χ4n) is 1.84. The van der Waals surface area contributed by atoms with Crippen LogP contribution in [0.2, 0.25) is 0 Å². The number of hydrogen-bond acceptors (Lipinski definition) is 4. The average molecular weight is 274 g/mol. The lowest BCUT2D eigenvalue weighted by Crippen LogP contribution is -2.34. The van der Waals surface area contributed by atoms with Crippen LogP contribution in [0.15, 0.2) is 30.6 Å². The molecular formula is C14H18N4O2. The first-order valence-corrected chi connectivity index (χ1v) is 6.36. The molecule has 0 aliphatic carbocycles. The zero-order chi connectivity index (χ0) is 14.5. The third kappa shape index (κ3) is 3.21. The molecule has 6 heteroatoms. The molecule has 0 fully saturated rings. The standard InChI is InChI=1S/C14H18N4O2/c1-10(20-3)9-18(2)14(19)13-7-12(16-17-13)11-5-4-6-15-8-11/h4-8,10H,9H2,1-3H3,(H,16,17)/t10-/m1/s1. The molecule has 106 valence electrons. The summed E-state index contributed by atoms with van der Waals surface area (Å²) in [6.07, 6.45) is 3.40. The third-order valence-electron chi connectivity index (χ3n) is 3.05. The van der Waals surface area contributed by atoms with Crippen molar-refractivity contribution < 1.29 is 9.53 Å². The van der Waals surface area contributed by atoms with E-state index in [0.717, 1.165) is 5.56 Å². The molecule has 0 unspecified atom stereocenters. The van der Waals surface area contributed by atoms with E-state index in [1.54, 1.807) is 37.5 Å². The molecule has 0 aliphatic heterocycles. The van der Waals surface area contributed by atoms with Crippen LogP contribution in [0.25, 0.3) is 11.3 Å². The fraction of sp³-hybridized carbons (Fsp3) is 0.357. The Morgan fingerprint density at radius 1 is 1.55 bits per heavy atom. The molecule has 2 heterocycles. The van der Waals surface area contributed by atoms with Gasteiger partial charge in [-0.05, 0) is 25.1 Å². The Hall–Kier alpha value is -2.21. The number of rotatable bonds is 5. The number of aromatic nitrogens is 3. The van der Waals surface area contributed by atoms with Gasteiger partial charge in [0.15, 0.2) is 0 Å². The van der Waals surface area contributed by atoms with Gasteiger partial charge in [-0.1, -0.05) is 0 Å². The van der Waals surface area contributed by atoms with E-state index in [4.69, 9.17) is 4.74 Å². The number of hydrogen-bond donors (Lipinski definition) is 1. The molecular weight excluding hydrogens is 256 g/mol. The Kier molecular flexibility index (Phi) is 4.47. The lowest BCUT2D eigenvalue weighted by Gasteiger charge is -2.19. The summed E-state index contributed by atoms with van der Waals surface area (Å²) in [5.74, 6) is -0.114. The Morgan fingerprint density at radius 3 is 3.00 bits per heavy atom. The fourth-order valence-corrected chi connectivity index (χ4v) is 1.84. The van der Waals surface area contributed by atoms with Crippen molar-refractivity contribution in [2.24, 2.45) is 0 Å². The highest BCUT2D eigenvalue weighted by molar-refractivity contribution is 5.93. The number of aromatic amines is 1. The molecule has 20 heavy (non-hydrogen) atoms. The number of nitrogens with one attached hydrogen (secondary N) is 1. The summed E-state index contributed by atoms with van der Waals surface area (Å²) in [7, 11) is 3.36. The van der Waals surface area contributed by atoms with Crippen molar-refractivity contribution in [2.45, 2.75) is 13.0 Å². The van der Waals surface area contributed by atoms with Crippen LogP contribution in [0.1, 0.15) is 17.4 Å². The average Bonchev–Trinajstić information content (AvgIpc) is 2.97. The van der Waals surface area contributed by atoms with Crippen molar-refractivity contribution in [3.8, 4) is 11.3 Å². The maximum atomic E-state index is 12.2. The van der Waals surface area contributed by atoms with E-state index in [-0.39, 0.29) is 12.0 Å². The van der Waals surface area contributed by atoms with Crippen LogP contribution >= 0.6 is 0 Å². The maximum absolute atomic E-state index is 12.2. The molecule has 2 aromatic heterocycles. The Morgan fingerprint density at radius 2 is 2.35 bits per heavy atom. The number of likely N-dealkylation sites (N-methyl/N-ethyl adjacent to an activating group) is 1. The van der Waals surface area contributed by atoms with Gasteiger partial charge in [-0.25, -0.2) is 0 Å². The van der Waals surface area contributed by atoms with Gasteiger partial charge in [0, 0.05) is 38.7 Å². The molecule has 0 radical (unpaired) electrons. The van der Waals surface area contributed by atoms with E-state index in [2.05, 4.69) is 15.2 Å². The second-order valence-corrected chi connectivity index (χ2v) is 4.64. The molecule has 2 rings (SSSR count). The first-order valence-electron chi connectivity index (χ1n) is 6.36. The number of amides is 1. The molecule has 0 saturated heterocycles. The second-order valence-electron chi connectivity index (χ2n) is 4.64. The number of methoxy groups -OCH3 is 1. The highest BCUT2D eigenvalue weighted by Gasteiger charge is 2.17. The van der Waals surface area contributed by atoms with E-state index >= 15 is 0 Å². The first-order chi connectivity index (χ1) is 9.61. The highest BCUT2D eigenvalue weighted by atomic mass is 16.5. The summed E-state index contributed by atoms with van der Waals surface area (Å²) in [6.45, 7) is 2.44. The van der Waals surface area contributed by atoms with Crippen LogP contribution < -0.4 is 0 Å². The van der Waals surface area contributed by atoms with Gasteiger partial charge in [0.05, 0.1) is 11.8 Å². The zero-order valence-corrected chi connectivity index (χ0v) is 11.8. The van der Waals surface area contributed by atoms with Crippen molar-refractivity contribution >= 4 is 5.91 Å². The normalized spacial score (nSPS) is 12.2. The lowest BCUT2D eigenvalue weighted by molar-refractivity contribution is 0.0595. The summed E-state index contributed by atoms with van der Waals surface area (Å²) >= 11 is 0. The van der Waals surface area contributed by atoms with Crippen molar-refractivity contribution in [2.75, 3.05) is 20.7 Å². The van der Waals surface area contributed by atoms with Crippen LogP contribution in [-0.2, 0) is 4.74 Å². The highest BCUT2D eigenvalue weighted by Crippen LogP contribution is 2.16. The first kappa shape index (κ1) is 14.2. The van der Waals surface area contributed by atoms with E-state index < -0.39 is 0 Å². The minimum absolute atomic E-state index is 0.00957. The Labute approximate surface area is 117 Å². The van der Waals surface area contributed by atoms with Crippen molar-refractivity contribution in [1.82, 2.24) is 20.1 Å². The zero-order valence-electron chi connectivity index (χ0n) is 11.8. The van der Waals surface area contributed by atoms with E-state index in [0.29, 0.717) is 17.9 Å². The predicted octanol–water partition coefficient (Wildman–Crippen LogP) is 1.58. The van der Waals surface area contributed by atoms with Crippen LogP contribution in [0.3, 0.4) is 0 Å². The minimum atomic E-state index is -0.114. The molecule has 1 atom stereocenters. The largest absolute Gasteiger partial charge is 0.380 e. The minimum Gasteiger partial charge on any atom is -0.380 e. The number of carbonyl (C=O) groups excluding carboxylic acids is 1. The number of ether oxygens (including phenoxy) is 1. The summed E-state index contributed by atoms with van der Waals surface area (Å²) in [6, 6.07) is 5.46. The number of carbonyl (C=O) groups is 1. The topological polar surface area (TPSA) is 71.1 Å². The van der Waals surface area contributed by atoms with Gasteiger partial charge in [0.2, 0.25) is 0 Å². The van der Waals surface area contributed by atoms with Gasteiger partial charge >= 0.3 is 0 Å². The quantitative estimate of drug-likeness (QED) is 0.898. The molecule has 0 aromatic carbocycles. The molecule has 0 bridgehead atoms. The smallest absolute Gasteiger partial charge is 0.271 e. The van der Waals surface area contributed by atoms with Crippen LogP contribution in [-0.4, -0.2) is 52.8 Å². The molecule has 1 N–H and O–H groups in total. The van der Waals surface area contributed by atoms with Crippen LogP contribution in [0, 0.1) is 0 Å². The lowest BCUT2D eigenvalue weighted by atomic mass is 10.2. The van der Waals surface area contributed by atoms with Gasteiger partial charge in [-0.3, -0.25) is 14.9 Å². The van der Waals surface area contributed by atoms with Gasteiger partial charge < -0.3 is 9.64 Å². The number of nitrogens with zero attached hydrogens (tertiary/aromatic N) is 3. The summed E-state index contributed by atoms with van der Waals surface area (Å²) < 4.78 is 5.15. The SMILES string of the molecule is CO[C@H](C)CN(C)C(=O)c1cc(-c2cccnc2)n[nH]1. The Balaban J connectivity index is 2.11. The summed E-state index contributed by atoms with van der Waals surface area (Å²) in [5, 5.41) is 6.91. The molecule has 1 amide bonds. The van der Waals surface area contributed by atoms with Crippen LogP contribution in [0.4, 0.5) is 0 Å². The van der Waals surface area contributed by atoms with Gasteiger partial charge in [-0.2, -0.15) is 5.10 Å². The molecule has 0 aliphatic rings. The summed E-state index contributed by atoms with van der Waals surface area (Å²) in [5.41, 5.74) is 2.03. The third-order valence-corrected chi connectivity index (χ3v) is 3.05. The van der Waals surface area contributed by atoms with Gasteiger partial charge in [-0.15, -0.1) is 0 Å². The number of H-pyrrole nitrogens is 1. The molecule has 0 spiro atoms. The van der Waals surface area contributed by atoms with E-state index in [1.807, 2.05) is 19.1 Å². The monoisotopic (exact) mass is 274 g/mol. The van der Waals surface area contributed by atoms with Crippen molar-refractivity contribution in [3.63, 3.8) is 0 Å². The molecule has 6 nitrogen and oxygen atoms in total. The van der Waals surface area contributed by atoms with Gasteiger partial charge in [0.1, 0.15) is 5.69 Å². The van der Waals surface area contributed by atoms with E-state index in [9.17, 15) is 4.79 Å².